The van der Waals surface area contributed by atoms with E-state index in [0.29, 0.717) is 17.9 Å². The van der Waals surface area contributed by atoms with Crippen LogP contribution in [0.25, 0.3) is 0 Å². The van der Waals surface area contributed by atoms with E-state index < -0.39 is 0 Å². The SMILES string of the molecule is CCC(C)(C)N(C)Cc1cc(C(=O)NN)c(C)o1. The van der Waals surface area contributed by atoms with Crippen LogP contribution in [0, 0.1) is 6.92 Å². The molecule has 0 aliphatic carbocycles. The van der Waals surface area contributed by atoms with Crippen molar-refractivity contribution in [3.8, 4) is 0 Å². The molecule has 1 aromatic rings. The molecule has 0 aliphatic rings. The minimum absolute atomic E-state index is 0.0942. The van der Waals surface area contributed by atoms with Gasteiger partial charge in [0.2, 0.25) is 0 Å². The van der Waals surface area contributed by atoms with Gasteiger partial charge in [0.25, 0.3) is 5.91 Å². The quantitative estimate of drug-likeness (QED) is 0.477. The molecule has 18 heavy (non-hydrogen) atoms. The summed E-state index contributed by atoms with van der Waals surface area (Å²) < 4.78 is 5.59. The molecule has 102 valence electrons. The first-order valence-electron chi connectivity index (χ1n) is 6.13. The van der Waals surface area contributed by atoms with Crippen molar-refractivity contribution in [3.63, 3.8) is 0 Å². The van der Waals surface area contributed by atoms with Gasteiger partial charge in [-0.3, -0.25) is 15.1 Å². The van der Waals surface area contributed by atoms with Gasteiger partial charge in [-0.25, -0.2) is 5.84 Å². The molecule has 0 saturated heterocycles. The van der Waals surface area contributed by atoms with E-state index in [1.165, 1.54) is 0 Å². The van der Waals surface area contributed by atoms with E-state index in [9.17, 15) is 4.79 Å². The lowest BCUT2D eigenvalue weighted by Crippen LogP contribution is -2.39. The Bertz CT molecular complexity index is 424. The number of carbonyl (C=O) groups excluding carboxylic acids is 1. The Morgan fingerprint density at radius 1 is 1.56 bits per heavy atom. The summed E-state index contributed by atoms with van der Waals surface area (Å²) in [4.78, 5) is 13.7. The van der Waals surface area contributed by atoms with Crippen LogP contribution in [-0.4, -0.2) is 23.4 Å². The number of furan rings is 1. The third kappa shape index (κ3) is 3.11. The second-order valence-corrected chi connectivity index (χ2v) is 5.18. The van der Waals surface area contributed by atoms with Gasteiger partial charge in [0.05, 0.1) is 12.1 Å². The van der Waals surface area contributed by atoms with Gasteiger partial charge >= 0.3 is 0 Å². The monoisotopic (exact) mass is 253 g/mol. The van der Waals surface area contributed by atoms with Crippen LogP contribution in [0.3, 0.4) is 0 Å². The molecular weight excluding hydrogens is 230 g/mol. The van der Waals surface area contributed by atoms with Crippen LogP contribution in [0.2, 0.25) is 0 Å². The van der Waals surface area contributed by atoms with Crippen LogP contribution in [0.15, 0.2) is 10.5 Å². The first-order chi connectivity index (χ1) is 8.31. The maximum Gasteiger partial charge on any atom is 0.268 e. The van der Waals surface area contributed by atoms with Crippen molar-refractivity contribution in [1.82, 2.24) is 10.3 Å². The van der Waals surface area contributed by atoms with Crippen molar-refractivity contribution in [3.05, 3.63) is 23.2 Å². The second-order valence-electron chi connectivity index (χ2n) is 5.18. The Morgan fingerprint density at radius 2 is 2.17 bits per heavy atom. The summed E-state index contributed by atoms with van der Waals surface area (Å²) in [5.41, 5.74) is 2.71. The van der Waals surface area contributed by atoms with E-state index in [-0.39, 0.29) is 11.4 Å². The third-order valence-corrected chi connectivity index (χ3v) is 3.64. The van der Waals surface area contributed by atoms with Crippen LogP contribution in [0.1, 0.15) is 49.1 Å². The highest BCUT2D eigenvalue weighted by Gasteiger charge is 2.23. The summed E-state index contributed by atoms with van der Waals surface area (Å²) in [6, 6.07) is 1.75. The molecule has 0 aliphatic heterocycles. The fraction of sp³-hybridized carbons (Fsp3) is 0.615. The number of hydrogen-bond acceptors (Lipinski definition) is 4. The van der Waals surface area contributed by atoms with Crippen LogP contribution < -0.4 is 11.3 Å². The largest absolute Gasteiger partial charge is 0.464 e. The van der Waals surface area contributed by atoms with Crippen LogP contribution >= 0.6 is 0 Å². The fourth-order valence-electron chi connectivity index (χ4n) is 1.64. The molecule has 1 heterocycles. The van der Waals surface area contributed by atoms with Gasteiger partial charge in [-0.15, -0.1) is 0 Å². The molecule has 5 nitrogen and oxygen atoms in total. The lowest BCUT2D eigenvalue weighted by Gasteiger charge is -2.34. The number of nitrogen functional groups attached to an aromatic ring is 1. The van der Waals surface area contributed by atoms with Gasteiger partial charge in [0.1, 0.15) is 11.5 Å². The average Bonchev–Trinajstić information content (AvgIpc) is 2.69. The van der Waals surface area contributed by atoms with Crippen molar-refractivity contribution in [2.24, 2.45) is 5.84 Å². The topological polar surface area (TPSA) is 71.5 Å². The lowest BCUT2D eigenvalue weighted by molar-refractivity contribution is 0.0952. The Labute approximate surface area is 108 Å². The van der Waals surface area contributed by atoms with Gasteiger partial charge in [-0.2, -0.15) is 0 Å². The highest BCUT2D eigenvalue weighted by atomic mass is 16.3. The number of hydrogen-bond donors (Lipinski definition) is 2. The molecule has 1 aromatic heterocycles. The van der Waals surface area contributed by atoms with Gasteiger partial charge in [-0.1, -0.05) is 6.92 Å². The van der Waals surface area contributed by atoms with Crippen LogP contribution in [-0.2, 0) is 6.54 Å². The van der Waals surface area contributed by atoms with Crippen LogP contribution in [0.4, 0.5) is 0 Å². The number of aryl methyl sites for hydroxylation is 1. The number of carbonyl (C=O) groups is 1. The molecule has 5 heteroatoms. The van der Waals surface area contributed by atoms with Gasteiger partial charge < -0.3 is 4.42 Å². The molecule has 0 atom stereocenters. The molecule has 0 fully saturated rings. The minimum atomic E-state index is -0.320. The summed E-state index contributed by atoms with van der Waals surface area (Å²) in [5.74, 6) is 6.17. The van der Waals surface area contributed by atoms with E-state index in [1.54, 1.807) is 13.0 Å². The average molecular weight is 253 g/mol. The van der Waals surface area contributed by atoms with Crippen molar-refractivity contribution in [2.45, 2.75) is 46.2 Å². The summed E-state index contributed by atoms with van der Waals surface area (Å²) in [5, 5.41) is 0. The summed E-state index contributed by atoms with van der Waals surface area (Å²) >= 11 is 0. The van der Waals surface area contributed by atoms with Crippen molar-refractivity contribution in [1.29, 1.82) is 0 Å². The number of amides is 1. The Kier molecular flexibility index (Phi) is 4.53. The van der Waals surface area contributed by atoms with E-state index in [0.717, 1.165) is 12.2 Å². The van der Waals surface area contributed by atoms with Gasteiger partial charge in [0, 0.05) is 5.54 Å². The molecule has 0 radical (unpaired) electrons. The zero-order valence-corrected chi connectivity index (χ0v) is 11.8. The van der Waals surface area contributed by atoms with Gasteiger partial charge in [0.15, 0.2) is 0 Å². The molecule has 0 spiro atoms. The standard InChI is InChI=1S/C13H23N3O2/c1-6-13(3,4)16(5)8-10-7-11(9(2)18-10)12(17)15-14/h7H,6,8,14H2,1-5H3,(H,15,17). The number of hydrazine groups is 1. The van der Waals surface area contributed by atoms with Crippen LogP contribution in [0.5, 0.6) is 0 Å². The predicted molar refractivity (Wildman–Crippen MR) is 70.9 cm³/mol. The Hall–Kier alpha value is -1.33. The minimum Gasteiger partial charge on any atom is -0.464 e. The molecule has 0 aromatic carbocycles. The summed E-state index contributed by atoms with van der Waals surface area (Å²) in [6.07, 6.45) is 1.04. The molecule has 0 saturated carbocycles. The molecular formula is C13H23N3O2. The Balaban J connectivity index is 2.84. The molecule has 1 amide bonds. The molecule has 3 N–H and O–H groups in total. The zero-order chi connectivity index (χ0) is 13.9. The first kappa shape index (κ1) is 14.7. The summed E-state index contributed by atoms with van der Waals surface area (Å²) in [6.45, 7) is 8.93. The smallest absolute Gasteiger partial charge is 0.268 e. The Morgan fingerprint density at radius 3 is 2.67 bits per heavy atom. The second kappa shape index (κ2) is 5.54. The van der Waals surface area contributed by atoms with E-state index in [4.69, 9.17) is 10.3 Å². The summed E-state index contributed by atoms with van der Waals surface area (Å²) in [7, 11) is 2.05. The first-order valence-corrected chi connectivity index (χ1v) is 6.13. The number of nitrogens with two attached hydrogens (primary N) is 1. The zero-order valence-electron chi connectivity index (χ0n) is 11.8. The maximum atomic E-state index is 11.5. The number of rotatable bonds is 5. The molecule has 0 bridgehead atoms. The molecule has 1 rings (SSSR count). The molecule has 0 unspecified atom stereocenters. The normalized spacial score (nSPS) is 11.9. The van der Waals surface area contributed by atoms with Crippen molar-refractivity contribution < 1.29 is 9.21 Å². The van der Waals surface area contributed by atoms with E-state index >= 15 is 0 Å². The van der Waals surface area contributed by atoms with Crippen molar-refractivity contribution in [2.75, 3.05) is 7.05 Å². The van der Waals surface area contributed by atoms with E-state index in [2.05, 4.69) is 31.1 Å². The van der Waals surface area contributed by atoms with Gasteiger partial charge in [-0.05, 0) is 40.3 Å². The number of nitrogens with one attached hydrogen (secondary N) is 1. The highest BCUT2D eigenvalue weighted by molar-refractivity contribution is 5.94. The maximum absolute atomic E-state index is 11.5. The van der Waals surface area contributed by atoms with Crippen molar-refractivity contribution >= 4 is 5.91 Å². The predicted octanol–water partition coefficient (Wildman–Crippen LogP) is 1.81. The number of nitrogens with zero attached hydrogens (tertiary/aromatic N) is 1. The highest BCUT2D eigenvalue weighted by Crippen LogP contribution is 2.21. The van der Waals surface area contributed by atoms with E-state index in [1.807, 2.05) is 7.05 Å². The third-order valence-electron chi connectivity index (χ3n) is 3.64. The fourth-order valence-corrected chi connectivity index (χ4v) is 1.64. The lowest BCUT2D eigenvalue weighted by atomic mass is 10.00.